The summed E-state index contributed by atoms with van der Waals surface area (Å²) in [4.78, 5) is 25.3. The van der Waals surface area contributed by atoms with Crippen LogP contribution in [0.25, 0.3) is 0 Å². The Labute approximate surface area is 179 Å². The molecule has 1 atom stereocenters. The molecule has 0 aromatic heterocycles. The van der Waals surface area contributed by atoms with Crippen LogP contribution in [0, 0.1) is 0 Å². The summed E-state index contributed by atoms with van der Waals surface area (Å²) in [5.74, 6) is -0.836. The Hall–Kier alpha value is -2.29. The van der Waals surface area contributed by atoms with Crippen molar-refractivity contribution >= 4 is 50.5 Å². The van der Waals surface area contributed by atoms with E-state index in [0.717, 1.165) is 6.26 Å². The standard InChI is InChI=1S/C19H20Cl2N2O5S/c1-28-14-6-4-13(5-7-14)22-19(25)17(9-10-29(2,26)27)23-18(24)15-8-3-12(20)11-16(15)21/h3-8,11,17H,9-10H2,1-2H3,(H,22,25)(H,23,24). The second-order valence-electron chi connectivity index (χ2n) is 6.29. The smallest absolute Gasteiger partial charge is 0.253 e. The first kappa shape index (κ1) is 23.0. The van der Waals surface area contributed by atoms with Gasteiger partial charge in [-0.1, -0.05) is 23.2 Å². The van der Waals surface area contributed by atoms with Crippen molar-refractivity contribution in [2.45, 2.75) is 12.5 Å². The number of rotatable bonds is 8. The molecule has 2 aromatic carbocycles. The number of sulfone groups is 1. The number of carbonyl (C=O) groups is 2. The molecule has 156 valence electrons. The lowest BCUT2D eigenvalue weighted by Crippen LogP contribution is -2.44. The van der Waals surface area contributed by atoms with Gasteiger partial charge in [0.25, 0.3) is 5.91 Å². The maximum Gasteiger partial charge on any atom is 0.253 e. The maximum atomic E-state index is 12.7. The predicted octanol–water partition coefficient (Wildman–Crippen LogP) is 3.17. The average molecular weight is 459 g/mol. The number of ether oxygens (including phenoxy) is 1. The van der Waals surface area contributed by atoms with Gasteiger partial charge in [0.2, 0.25) is 5.91 Å². The number of carbonyl (C=O) groups excluding carboxylic acids is 2. The number of methoxy groups -OCH3 is 1. The lowest BCUT2D eigenvalue weighted by Gasteiger charge is -2.19. The molecule has 2 N–H and O–H groups in total. The molecule has 0 heterocycles. The minimum absolute atomic E-state index is 0.0994. The first-order chi connectivity index (χ1) is 13.6. The second-order valence-corrected chi connectivity index (χ2v) is 9.39. The van der Waals surface area contributed by atoms with E-state index in [1.165, 1.54) is 25.3 Å². The number of nitrogens with one attached hydrogen (secondary N) is 2. The summed E-state index contributed by atoms with van der Waals surface area (Å²) in [5.41, 5.74) is 0.594. The van der Waals surface area contributed by atoms with Crippen LogP contribution in [0.1, 0.15) is 16.8 Å². The topological polar surface area (TPSA) is 102 Å². The molecule has 0 saturated heterocycles. The lowest BCUT2D eigenvalue weighted by molar-refractivity contribution is -0.118. The molecule has 0 saturated carbocycles. The molecular formula is C19H20Cl2N2O5S. The van der Waals surface area contributed by atoms with Crippen LogP contribution in [0.5, 0.6) is 5.75 Å². The Bertz CT molecular complexity index is 994. The Morgan fingerprint density at radius 3 is 2.31 bits per heavy atom. The van der Waals surface area contributed by atoms with Crippen molar-refractivity contribution < 1.29 is 22.7 Å². The third-order valence-corrected chi connectivity index (χ3v) is 5.46. The number of anilines is 1. The summed E-state index contributed by atoms with van der Waals surface area (Å²) in [5, 5.41) is 5.67. The molecule has 0 fully saturated rings. The Balaban J connectivity index is 2.18. The van der Waals surface area contributed by atoms with Gasteiger partial charge in [0.05, 0.1) is 23.4 Å². The van der Waals surface area contributed by atoms with Gasteiger partial charge in [0, 0.05) is 17.0 Å². The Morgan fingerprint density at radius 2 is 1.76 bits per heavy atom. The molecule has 7 nitrogen and oxygen atoms in total. The minimum Gasteiger partial charge on any atom is -0.497 e. The van der Waals surface area contributed by atoms with Gasteiger partial charge in [-0.3, -0.25) is 9.59 Å². The van der Waals surface area contributed by atoms with Gasteiger partial charge < -0.3 is 15.4 Å². The molecule has 2 amide bonds. The van der Waals surface area contributed by atoms with Gasteiger partial charge in [-0.25, -0.2) is 8.42 Å². The Kier molecular flexibility index (Phi) is 7.89. The fraction of sp³-hybridized carbons (Fsp3) is 0.263. The van der Waals surface area contributed by atoms with Gasteiger partial charge in [-0.15, -0.1) is 0 Å². The molecule has 0 bridgehead atoms. The van der Waals surface area contributed by atoms with E-state index < -0.39 is 27.7 Å². The zero-order valence-electron chi connectivity index (χ0n) is 15.7. The highest BCUT2D eigenvalue weighted by Crippen LogP contribution is 2.21. The zero-order valence-corrected chi connectivity index (χ0v) is 18.1. The van der Waals surface area contributed by atoms with E-state index in [1.807, 2.05) is 0 Å². The zero-order chi connectivity index (χ0) is 21.6. The van der Waals surface area contributed by atoms with Gasteiger partial charge >= 0.3 is 0 Å². The van der Waals surface area contributed by atoms with Crippen LogP contribution in [0.4, 0.5) is 5.69 Å². The monoisotopic (exact) mass is 458 g/mol. The molecule has 10 heteroatoms. The highest BCUT2D eigenvalue weighted by molar-refractivity contribution is 7.90. The summed E-state index contributed by atoms with van der Waals surface area (Å²) in [6, 6.07) is 9.80. The first-order valence-electron chi connectivity index (χ1n) is 8.47. The quantitative estimate of drug-likeness (QED) is 0.632. The predicted molar refractivity (Wildman–Crippen MR) is 114 cm³/mol. The molecule has 29 heavy (non-hydrogen) atoms. The second kappa shape index (κ2) is 9.96. The summed E-state index contributed by atoms with van der Waals surface area (Å²) >= 11 is 11.9. The normalized spacial score (nSPS) is 12.1. The molecule has 0 radical (unpaired) electrons. The van der Waals surface area contributed by atoms with E-state index in [1.54, 1.807) is 24.3 Å². The molecule has 0 aliphatic carbocycles. The third-order valence-electron chi connectivity index (χ3n) is 3.93. The number of amides is 2. The first-order valence-corrected chi connectivity index (χ1v) is 11.3. The summed E-state index contributed by atoms with van der Waals surface area (Å²) in [7, 11) is -1.82. The van der Waals surface area contributed by atoms with Gasteiger partial charge in [0.15, 0.2) is 0 Å². The van der Waals surface area contributed by atoms with Crippen LogP contribution in [-0.2, 0) is 14.6 Å². The van der Waals surface area contributed by atoms with Crippen molar-refractivity contribution in [3.8, 4) is 5.75 Å². The van der Waals surface area contributed by atoms with Crippen LogP contribution in [0.3, 0.4) is 0 Å². The van der Waals surface area contributed by atoms with Crippen molar-refractivity contribution in [3.63, 3.8) is 0 Å². The highest BCUT2D eigenvalue weighted by Gasteiger charge is 2.24. The van der Waals surface area contributed by atoms with Crippen molar-refractivity contribution in [2.24, 2.45) is 0 Å². The van der Waals surface area contributed by atoms with E-state index in [-0.39, 0.29) is 22.8 Å². The molecule has 0 aliphatic rings. The van der Waals surface area contributed by atoms with Crippen LogP contribution in [-0.4, -0.2) is 45.4 Å². The van der Waals surface area contributed by atoms with Crippen molar-refractivity contribution in [2.75, 3.05) is 24.4 Å². The fourth-order valence-corrected chi connectivity index (χ4v) is 3.57. The SMILES string of the molecule is COc1ccc(NC(=O)C(CCS(C)(=O)=O)NC(=O)c2ccc(Cl)cc2Cl)cc1. The van der Waals surface area contributed by atoms with Crippen LogP contribution in [0.15, 0.2) is 42.5 Å². The van der Waals surface area contributed by atoms with E-state index in [9.17, 15) is 18.0 Å². The van der Waals surface area contributed by atoms with Crippen molar-refractivity contribution in [3.05, 3.63) is 58.1 Å². The number of hydrogen-bond acceptors (Lipinski definition) is 5. The van der Waals surface area contributed by atoms with Gasteiger partial charge in [0.1, 0.15) is 21.6 Å². The van der Waals surface area contributed by atoms with Crippen LogP contribution in [0.2, 0.25) is 10.0 Å². The number of benzene rings is 2. The molecule has 1 unspecified atom stereocenters. The fourth-order valence-electron chi connectivity index (χ4n) is 2.41. The Morgan fingerprint density at radius 1 is 1.10 bits per heavy atom. The van der Waals surface area contributed by atoms with E-state index in [0.29, 0.717) is 16.5 Å². The van der Waals surface area contributed by atoms with Crippen LogP contribution < -0.4 is 15.4 Å². The molecular weight excluding hydrogens is 439 g/mol. The van der Waals surface area contributed by atoms with Gasteiger partial charge in [-0.2, -0.15) is 0 Å². The minimum atomic E-state index is -3.34. The van der Waals surface area contributed by atoms with Crippen molar-refractivity contribution in [1.29, 1.82) is 0 Å². The van der Waals surface area contributed by atoms with E-state index in [2.05, 4.69) is 10.6 Å². The lowest BCUT2D eigenvalue weighted by atomic mass is 10.1. The summed E-state index contributed by atoms with van der Waals surface area (Å²) in [6.07, 6.45) is 0.959. The molecule has 0 aliphatic heterocycles. The van der Waals surface area contributed by atoms with E-state index >= 15 is 0 Å². The number of halogens is 2. The molecule has 0 spiro atoms. The average Bonchev–Trinajstić information content (AvgIpc) is 2.64. The molecule has 2 aromatic rings. The maximum absolute atomic E-state index is 12.7. The van der Waals surface area contributed by atoms with Crippen molar-refractivity contribution in [1.82, 2.24) is 5.32 Å². The summed E-state index contributed by atoms with van der Waals surface area (Å²) < 4.78 is 28.1. The van der Waals surface area contributed by atoms with E-state index in [4.69, 9.17) is 27.9 Å². The van der Waals surface area contributed by atoms with Gasteiger partial charge in [-0.05, 0) is 48.9 Å². The largest absolute Gasteiger partial charge is 0.497 e. The summed E-state index contributed by atoms with van der Waals surface area (Å²) in [6.45, 7) is 0. The van der Waals surface area contributed by atoms with Crippen LogP contribution >= 0.6 is 23.2 Å². The molecule has 2 rings (SSSR count). The number of hydrogen-bond donors (Lipinski definition) is 2. The highest BCUT2D eigenvalue weighted by atomic mass is 35.5. The third kappa shape index (κ3) is 7.23.